The molecule has 3 aromatic rings. The van der Waals surface area contributed by atoms with Crippen LogP contribution in [-0.2, 0) is 19.4 Å². The number of thiazole rings is 1. The van der Waals surface area contributed by atoms with Crippen molar-refractivity contribution in [2.75, 3.05) is 17.2 Å². The highest BCUT2D eigenvalue weighted by molar-refractivity contribution is 7.15. The molecular formula is C25H27FN4O3S. The van der Waals surface area contributed by atoms with E-state index >= 15 is 0 Å². The molecule has 1 aromatic heterocycles. The van der Waals surface area contributed by atoms with E-state index in [4.69, 9.17) is 10.1 Å². The van der Waals surface area contributed by atoms with E-state index in [0.29, 0.717) is 19.5 Å². The molecule has 1 aliphatic carbocycles. The molecule has 0 spiro atoms. The van der Waals surface area contributed by atoms with Crippen molar-refractivity contribution in [2.45, 2.75) is 45.2 Å². The van der Waals surface area contributed by atoms with Gasteiger partial charge in [-0.25, -0.2) is 19.0 Å². The summed E-state index contributed by atoms with van der Waals surface area (Å²) in [6.07, 6.45) is 3.10. The first-order valence-electron chi connectivity index (χ1n) is 11.3. The number of amides is 2. The van der Waals surface area contributed by atoms with Gasteiger partial charge in [-0.2, -0.15) is 0 Å². The molecule has 2 aromatic carbocycles. The second kappa shape index (κ2) is 10.6. The smallest absolute Gasteiger partial charge is 0.335 e. The lowest BCUT2D eigenvalue weighted by Gasteiger charge is -2.33. The number of halogens is 1. The minimum absolute atomic E-state index is 0.0242. The normalized spacial score (nSPS) is 14.8. The van der Waals surface area contributed by atoms with E-state index in [-0.39, 0.29) is 23.3 Å². The monoisotopic (exact) mass is 482 g/mol. The third kappa shape index (κ3) is 5.53. The molecule has 3 N–H and O–H groups in total. The van der Waals surface area contributed by atoms with Crippen LogP contribution < -0.4 is 10.6 Å². The number of carbonyl (C=O) groups excluding carboxylic acids is 1. The van der Waals surface area contributed by atoms with Crippen LogP contribution in [0.3, 0.4) is 0 Å². The number of nitrogens with one attached hydrogen (secondary N) is 2. The van der Waals surface area contributed by atoms with Gasteiger partial charge in [-0.3, -0.25) is 0 Å². The Kier molecular flexibility index (Phi) is 7.42. The SMILES string of the molecule is CCCN(C(=O)Nc1ccccc1F)C1CCc2nc(NCc3ccc(C(=O)O)cc3)sc2C1. The Morgan fingerprint density at radius 2 is 1.97 bits per heavy atom. The molecule has 34 heavy (non-hydrogen) atoms. The van der Waals surface area contributed by atoms with E-state index in [1.54, 1.807) is 53.8 Å². The number of carboxylic acids is 1. The number of hydrogen-bond acceptors (Lipinski definition) is 5. The minimum atomic E-state index is -0.943. The van der Waals surface area contributed by atoms with Crippen LogP contribution in [0, 0.1) is 5.82 Å². The summed E-state index contributed by atoms with van der Waals surface area (Å²) in [4.78, 5) is 31.7. The summed E-state index contributed by atoms with van der Waals surface area (Å²) in [6.45, 7) is 3.16. The van der Waals surface area contributed by atoms with E-state index in [1.807, 2.05) is 11.8 Å². The third-order valence-electron chi connectivity index (χ3n) is 5.84. The van der Waals surface area contributed by atoms with Gasteiger partial charge in [0.2, 0.25) is 0 Å². The van der Waals surface area contributed by atoms with Gasteiger partial charge in [-0.1, -0.05) is 31.2 Å². The van der Waals surface area contributed by atoms with Crippen molar-refractivity contribution in [1.29, 1.82) is 0 Å². The Hall–Kier alpha value is -3.46. The van der Waals surface area contributed by atoms with Crippen molar-refractivity contribution in [3.8, 4) is 0 Å². The molecular weight excluding hydrogens is 455 g/mol. The lowest BCUT2D eigenvalue weighted by atomic mass is 9.96. The van der Waals surface area contributed by atoms with Crippen LogP contribution in [0.25, 0.3) is 0 Å². The highest BCUT2D eigenvalue weighted by Crippen LogP contribution is 2.32. The fourth-order valence-electron chi connectivity index (χ4n) is 4.08. The number of para-hydroxylation sites is 1. The summed E-state index contributed by atoms with van der Waals surface area (Å²) in [6, 6.07) is 12.7. The van der Waals surface area contributed by atoms with Gasteiger partial charge in [0.15, 0.2) is 5.13 Å². The maximum Gasteiger partial charge on any atom is 0.335 e. The van der Waals surface area contributed by atoms with Crippen molar-refractivity contribution in [3.05, 3.63) is 76.0 Å². The molecule has 4 rings (SSSR count). The van der Waals surface area contributed by atoms with Gasteiger partial charge >= 0.3 is 12.0 Å². The first-order chi connectivity index (χ1) is 16.4. The highest BCUT2D eigenvalue weighted by atomic mass is 32.1. The predicted octanol–water partition coefficient (Wildman–Crippen LogP) is 5.39. The molecule has 0 saturated heterocycles. The molecule has 2 amide bonds. The first-order valence-corrected chi connectivity index (χ1v) is 12.1. The maximum atomic E-state index is 14.0. The number of aromatic nitrogens is 1. The summed E-state index contributed by atoms with van der Waals surface area (Å²) in [5.41, 5.74) is 2.46. The Bertz CT molecular complexity index is 1170. The molecule has 178 valence electrons. The van der Waals surface area contributed by atoms with E-state index < -0.39 is 11.8 Å². The molecule has 0 aliphatic heterocycles. The van der Waals surface area contributed by atoms with Crippen LogP contribution in [0.1, 0.15) is 46.3 Å². The molecule has 0 bridgehead atoms. The molecule has 7 nitrogen and oxygen atoms in total. The Morgan fingerprint density at radius 1 is 1.21 bits per heavy atom. The molecule has 1 aliphatic rings. The topological polar surface area (TPSA) is 94.6 Å². The number of aromatic carboxylic acids is 1. The largest absolute Gasteiger partial charge is 0.478 e. The molecule has 0 radical (unpaired) electrons. The van der Waals surface area contributed by atoms with Gasteiger partial charge in [0.1, 0.15) is 5.82 Å². The lowest BCUT2D eigenvalue weighted by molar-refractivity contribution is 0.0697. The first kappa shape index (κ1) is 23.7. The molecule has 1 atom stereocenters. The number of urea groups is 1. The number of benzene rings is 2. The zero-order valence-electron chi connectivity index (χ0n) is 18.9. The van der Waals surface area contributed by atoms with E-state index in [2.05, 4.69) is 10.6 Å². The van der Waals surface area contributed by atoms with Crippen molar-refractivity contribution in [3.63, 3.8) is 0 Å². The average Bonchev–Trinajstić information content (AvgIpc) is 3.25. The molecule has 1 unspecified atom stereocenters. The number of nitrogens with zero attached hydrogens (tertiary/aromatic N) is 2. The number of carbonyl (C=O) groups is 2. The number of aryl methyl sites for hydroxylation is 1. The predicted molar refractivity (Wildman–Crippen MR) is 131 cm³/mol. The fraction of sp³-hybridized carbons (Fsp3) is 0.320. The quantitative estimate of drug-likeness (QED) is 0.400. The summed E-state index contributed by atoms with van der Waals surface area (Å²) in [7, 11) is 0. The van der Waals surface area contributed by atoms with E-state index in [0.717, 1.165) is 40.5 Å². The highest BCUT2D eigenvalue weighted by Gasteiger charge is 2.30. The van der Waals surface area contributed by atoms with E-state index in [1.165, 1.54) is 6.07 Å². The van der Waals surface area contributed by atoms with Crippen LogP contribution in [-0.4, -0.2) is 39.6 Å². The third-order valence-corrected chi connectivity index (χ3v) is 6.92. The average molecular weight is 483 g/mol. The van der Waals surface area contributed by atoms with Crippen LogP contribution in [0.5, 0.6) is 0 Å². The van der Waals surface area contributed by atoms with Gasteiger partial charge in [-0.15, -0.1) is 11.3 Å². The lowest BCUT2D eigenvalue weighted by Crippen LogP contribution is -2.45. The number of hydrogen-bond donors (Lipinski definition) is 3. The summed E-state index contributed by atoms with van der Waals surface area (Å²) in [5, 5.41) is 15.9. The molecule has 9 heteroatoms. The zero-order chi connectivity index (χ0) is 24.1. The number of anilines is 2. The van der Waals surface area contributed by atoms with Gasteiger partial charge in [0.05, 0.1) is 16.9 Å². The van der Waals surface area contributed by atoms with Gasteiger partial charge in [-0.05, 0) is 49.1 Å². The van der Waals surface area contributed by atoms with Gasteiger partial charge in [0, 0.05) is 30.4 Å². The summed E-state index contributed by atoms with van der Waals surface area (Å²) >= 11 is 1.59. The van der Waals surface area contributed by atoms with Gasteiger partial charge in [0.25, 0.3) is 0 Å². The van der Waals surface area contributed by atoms with Crippen molar-refractivity contribution in [1.82, 2.24) is 9.88 Å². The standard InChI is InChI=1S/C25H27FN4O3S/c1-2-13-30(25(33)29-20-6-4-3-5-19(20)26)18-11-12-21-22(14-18)34-24(28-21)27-15-16-7-9-17(10-8-16)23(31)32/h3-10,18H,2,11-15H2,1H3,(H,27,28)(H,29,33)(H,31,32). The number of carboxylic acid groups (broad SMARTS) is 1. The van der Waals surface area contributed by atoms with Crippen molar-refractivity contribution >= 4 is 34.2 Å². The summed E-state index contributed by atoms with van der Waals surface area (Å²) in [5.74, 6) is -1.39. The molecule has 0 fully saturated rings. The fourth-order valence-corrected chi connectivity index (χ4v) is 5.16. The van der Waals surface area contributed by atoms with Crippen LogP contribution in [0.15, 0.2) is 48.5 Å². The number of rotatable bonds is 8. The van der Waals surface area contributed by atoms with Crippen molar-refractivity contribution < 1.29 is 19.1 Å². The Morgan fingerprint density at radius 3 is 2.68 bits per heavy atom. The van der Waals surface area contributed by atoms with Crippen LogP contribution in [0.2, 0.25) is 0 Å². The zero-order valence-corrected chi connectivity index (χ0v) is 19.7. The molecule has 1 heterocycles. The van der Waals surface area contributed by atoms with Crippen molar-refractivity contribution in [2.24, 2.45) is 0 Å². The Labute approximate surface area is 201 Å². The minimum Gasteiger partial charge on any atom is -0.478 e. The second-order valence-corrected chi connectivity index (χ2v) is 9.33. The number of fused-ring (bicyclic) bond motifs is 1. The second-order valence-electron chi connectivity index (χ2n) is 8.24. The Balaban J connectivity index is 1.40. The van der Waals surface area contributed by atoms with E-state index in [9.17, 15) is 14.0 Å². The van der Waals surface area contributed by atoms with Crippen LogP contribution >= 0.6 is 11.3 Å². The maximum absolute atomic E-state index is 14.0. The van der Waals surface area contributed by atoms with Gasteiger partial charge < -0.3 is 20.6 Å². The van der Waals surface area contributed by atoms with Crippen LogP contribution in [0.4, 0.5) is 20.0 Å². The summed E-state index contributed by atoms with van der Waals surface area (Å²) < 4.78 is 14.0. The molecule has 0 saturated carbocycles.